The predicted molar refractivity (Wildman–Crippen MR) is 126 cm³/mol. The third-order valence-electron chi connectivity index (χ3n) is 6.80. The molecule has 34 heavy (non-hydrogen) atoms. The van der Waals surface area contributed by atoms with Crippen LogP contribution in [0.25, 0.3) is 0 Å². The van der Waals surface area contributed by atoms with Gasteiger partial charge in [0.05, 0.1) is 19.7 Å². The van der Waals surface area contributed by atoms with Crippen molar-refractivity contribution in [2.75, 3.05) is 51.3 Å². The van der Waals surface area contributed by atoms with Crippen molar-refractivity contribution in [3.05, 3.63) is 83.7 Å². The molecule has 5 rings (SSSR count). The Morgan fingerprint density at radius 3 is 2.44 bits per heavy atom. The molecule has 3 aromatic rings. The highest BCUT2D eigenvalue weighted by Gasteiger charge is 2.33. The molecular weight excluding hydrogens is 438 g/mol. The molecule has 0 aliphatic carbocycles. The lowest BCUT2D eigenvalue weighted by Crippen LogP contribution is -2.52. The molecule has 1 amide bonds. The van der Waals surface area contributed by atoms with Crippen molar-refractivity contribution < 1.29 is 18.3 Å². The van der Waals surface area contributed by atoms with Crippen molar-refractivity contribution in [1.82, 2.24) is 14.4 Å². The van der Waals surface area contributed by atoms with Gasteiger partial charge in [-0.3, -0.25) is 9.69 Å². The molecule has 8 heteroatoms. The number of carbonyl (C=O) groups is 1. The van der Waals surface area contributed by atoms with Crippen molar-refractivity contribution in [2.24, 2.45) is 0 Å². The van der Waals surface area contributed by atoms with Crippen LogP contribution in [0.3, 0.4) is 0 Å². The van der Waals surface area contributed by atoms with Gasteiger partial charge >= 0.3 is 0 Å². The number of fused-ring (bicyclic) bond motifs is 1. The summed E-state index contributed by atoms with van der Waals surface area (Å²) in [6.45, 7) is 4.28. The number of amides is 1. The molecule has 2 aliphatic heterocycles. The summed E-state index contributed by atoms with van der Waals surface area (Å²) < 4.78 is 35.6. The molecule has 1 atom stereocenters. The number of piperazine rings is 1. The molecule has 0 N–H and O–H groups in total. The summed E-state index contributed by atoms with van der Waals surface area (Å²) in [7, 11) is 1.65. The zero-order valence-electron chi connectivity index (χ0n) is 19.2. The first-order chi connectivity index (χ1) is 16.5. The number of benzene rings is 2. The van der Waals surface area contributed by atoms with E-state index in [9.17, 15) is 13.6 Å². The second-order valence-electron chi connectivity index (χ2n) is 8.73. The molecule has 0 bridgehead atoms. The number of halogens is 2. The minimum absolute atomic E-state index is 0.0295. The van der Waals surface area contributed by atoms with Crippen LogP contribution < -0.4 is 9.64 Å². The van der Waals surface area contributed by atoms with Crippen molar-refractivity contribution in [1.29, 1.82) is 0 Å². The van der Waals surface area contributed by atoms with Gasteiger partial charge in [0, 0.05) is 68.5 Å². The number of methoxy groups -OCH3 is 1. The number of rotatable bonds is 5. The molecular formula is C26H28F2N4O2. The first-order valence-electron chi connectivity index (χ1n) is 11.5. The highest BCUT2D eigenvalue weighted by atomic mass is 19.1. The van der Waals surface area contributed by atoms with Crippen LogP contribution in [-0.4, -0.2) is 66.7 Å². The Labute approximate surface area is 197 Å². The van der Waals surface area contributed by atoms with E-state index in [-0.39, 0.29) is 12.5 Å². The number of carbonyl (C=O) groups excluding carboxylic acids is 1. The molecule has 6 nitrogen and oxygen atoms in total. The van der Waals surface area contributed by atoms with Crippen LogP contribution in [0, 0.1) is 11.6 Å². The van der Waals surface area contributed by atoms with Crippen LogP contribution in [0.1, 0.15) is 17.3 Å². The lowest BCUT2D eigenvalue weighted by Gasteiger charge is -2.40. The zero-order valence-corrected chi connectivity index (χ0v) is 19.2. The Hall–Kier alpha value is -3.39. The van der Waals surface area contributed by atoms with Crippen LogP contribution in [0.4, 0.5) is 14.5 Å². The largest absolute Gasteiger partial charge is 0.497 e. The Morgan fingerprint density at radius 2 is 1.74 bits per heavy atom. The predicted octanol–water partition coefficient (Wildman–Crippen LogP) is 3.53. The van der Waals surface area contributed by atoms with Crippen molar-refractivity contribution >= 4 is 11.6 Å². The molecule has 1 unspecified atom stereocenters. The lowest BCUT2D eigenvalue weighted by atomic mass is 9.99. The van der Waals surface area contributed by atoms with Crippen LogP contribution in [0.15, 0.2) is 60.8 Å². The molecule has 178 valence electrons. The Bertz CT molecular complexity index is 1160. The summed E-state index contributed by atoms with van der Waals surface area (Å²) in [6.07, 6.45) is 1.96. The third kappa shape index (κ3) is 4.37. The molecule has 3 heterocycles. The van der Waals surface area contributed by atoms with E-state index < -0.39 is 17.7 Å². The van der Waals surface area contributed by atoms with Gasteiger partial charge in [-0.2, -0.15) is 0 Å². The maximum Gasteiger partial charge on any atom is 0.236 e. The van der Waals surface area contributed by atoms with Crippen LogP contribution in [-0.2, 0) is 11.3 Å². The van der Waals surface area contributed by atoms with E-state index >= 15 is 0 Å². The highest BCUT2D eigenvalue weighted by molar-refractivity contribution is 5.78. The normalized spacial score (nSPS) is 18.6. The fraction of sp³-hybridized carbons (Fsp3) is 0.346. The number of hydrogen-bond acceptors (Lipinski definition) is 4. The van der Waals surface area contributed by atoms with E-state index in [0.29, 0.717) is 25.2 Å². The van der Waals surface area contributed by atoms with Crippen molar-refractivity contribution in [3.63, 3.8) is 0 Å². The van der Waals surface area contributed by atoms with Gasteiger partial charge in [0.15, 0.2) is 0 Å². The third-order valence-corrected chi connectivity index (χ3v) is 6.80. The van der Waals surface area contributed by atoms with Crippen molar-refractivity contribution in [2.45, 2.75) is 12.6 Å². The van der Waals surface area contributed by atoms with E-state index in [4.69, 9.17) is 4.74 Å². The fourth-order valence-corrected chi connectivity index (χ4v) is 4.96. The van der Waals surface area contributed by atoms with E-state index in [0.717, 1.165) is 42.8 Å². The minimum Gasteiger partial charge on any atom is -0.497 e. The topological polar surface area (TPSA) is 41.0 Å². The van der Waals surface area contributed by atoms with Gasteiger partial charge < -0.3 is 19.1 Å². The Balaban J connectivity index is 1.28. The standard InChI is InChI=1S/C26H28F2N4O2/c1-34-21-7-5-20(6-8-21)29-11-14-31(15-12-29)25(33)18-32-16-13-30-10-2-3-24(30)26(32)22-9-4-19(27)17-23(22)28/h2-10,17,26H,11-16,18H2,1H3. The molecule has 0 radical (unpaired) electrons. The maximum atomic E-state index is 14.8. The van der Waals surface area contributed by atoms with E-state index in [1.54, 1.807) is 7.11 Å². The molecule has 1 saturated heterocycles. The van der Waals surface area contributed by atoms with Gasteiger partial charge in [-0.15, -0.1) is 0 Å². The highest BCUT2D eigenvalue weighted by Crippen LogP contribution is 2.34. The first-order valence-corrected chi connectivity index (χ1v) is 11.5. The minimum atomic E-state index is -0.607. The number of nitrogens with zero attached hydrogens (tertiary/aromatic N) is 4. The molecule has 2 aromatic carbocycles. The van der Waals surface area contributed by atoms with E-state index in [2.05, 4.69) is 9.47 Å². The Kier molecular flexibility index (Phi) is 6.24. The van der Waals surface area contributed by atoms with Gasteiger partial charge in [-0.25, -0.2) is 8.78 Å². The molecule has 0 saturated carbocycles. The second kappa shape index (κ2) is 9.46. The molecule has 0 spiro atoms. The molecule has 1 fully saturated rings. The molecule has 2 aliphatic rings. The number of anilines is 1. The van der Waals surface area contributed by atoms with Gasteiger partial charge in [0.2, 0.25) is 5.91 Å². The summed E-state index contributed by atoms with van der Waals surface area (Å²) in [5, 5.41) is 0. The van der Waals surface area contributed by atoms with Gasteiger partial charge in [-0.1, -0.05) is 6.07 Å². The monoisotopic (exact) mass is 466 g/mol. The summed E-state index contributed by atoms with van der Waals surface area (Å²) >= 11 is 0. The number of aromatic nitrogens is 1. The number of hydrogen-bond donors (Lipinski definition) is 0. The first kappa shape index (κ1) is 22.4. The average molecular weight is 467 g/mol. The smallest absolute Gasteiger partial charge is 0.236 e. The van der Waals surface area contributed by atoms with Crippen LogP contribution >= 0.6 is 0 Å². The van der Waals surface area contributed by atoms with Crippen LogP contribution in [0.5, 0.6) is 5.75 Å². The van der Waals surface area contributed by atoms with Gasteiger partial charge in [0.25, 0.3) is 0 Å². The quantitative estimate of drug-likeness (QED) is 0.577. The lowest BCUT2D eigenvalue weighted by molar-refractivity contribution is -0.133. The van der Waals surface area contributed by atoms with Crippen molar-refractivity contribution in [3.8, 4) is 5.75 Å². The Morgan fingerprint density at radius 1 is 0.971 bits per heavy atom. The zero-order chi connectivity index (χ0) is 23.7. The molecule has 1 aromatic heterocycles. The van der Waals surface area contributed by atoms with E-state index in [1.165, 1.54) is 12.1 Å². The van der Waals surface area contributed by atoms with Gasteiger partial charge in [0.1, 0.15) is 17.4 Å². The van der Waals surface area contributed by atoms with Crippen LogP contribution in [0.2, 0.25) is 0 Å². The maximum absolute atomic E-state index is 14.8. The SMILES string of the molecule is COc1ccc(N2CCN(C(=O)CN3CCn4cccc4C3c3ccc(F)cc3F)CC2)cc1. The second-order valence-corrected chi connectivity index (χ2v) is 8.73. The van der Waals surface area contributed by atoms with Gasteiger partial charge in [-0.05, 0) is 42.5 Å². The summed E-state index contributed by atoms with van der Waals surface area (Å²) in [4.78, 5) is 19.4. The number of ether oxygens (including phenoxy) is 1. The summed E-state index contributed by atoms with van der Waals surface area (Å²) in [5.41, 5.74) is 2.41. The van der Waals surface area contributed by atoms with E-state index in [1.807, 2.05) is 52.4 Å². The average Bonchev–Trinajstić information content (AvgIpc) is 3.34. The fourth-order valence-electron chi connectivity index (χ4n) is 4.96. The summed E-state index contributed by atoms with van der Waals surface area (Å²) in [5.74, 6) is -0.353. The summed E-state index contributed by atoms with van der Waals surface area (Å²) in [6, 6.07) is 15.0.